The van der Waals surface area contributed by atoms with Crippen LogP contribution in [0.5, 0.6) is 0 Å². The minimum Gasteiger partial charge on any atom is -0.460 e. The minimum atomic E-state index is -0.167. The Morgan fingerprint density at radius 1 is 0.423 bits per heavy atom. The summed E-state index contributed by atoms with van der Waals surface area (Å²) >= 11 is 0. The van der Waals surface area contributed by atoms with Gasteiger partial charge in [-0.3, -0.25) is 19.4 Å². The minimum absolute atomic E-state index is 0.167. The molecule has 2 aromatic carbocycles. The molecule has 0 spiro atoms. The van der Waals surface area contributed by atoms with Gasteiger partial charge in [0.2, 0.25) is 0 Å². The number of unbranched alkanes of at least 4 members (excludes halogenated alkanes) is 16. The van der Waals surface area contributed by atoms with Crippen molar-refractivity contribution in [2.24, 2.45) is 0 Å². The number of carbonyl (C=O) groups excluding carboxylic acids is 2. The fourth-order valence-electron chi connectivity index (χ4n) is 6.89. The molecule has 2 rings (SSSR count). The Kier molecular flexibility index (Phi) is 26.9. The molecule has 0 radical (unpaired) electrons. The zero-order chi connectivity index (χ0) is 37.5. The molecule has 6 nitrogen and oxygen atoms in total. The van der Waals surface area contributed by atoms with Gasteiger partial charge in [0.25, 0.3) is 0 Å². The molecule has 0 atom stereocenters. The van der Waals surface area contributed by atoms with E-state index in [1.54, 1.807) is 0 Å². The lowest BCUT2D eigenvalue weighted by molar-refractivity contribution is -0.147. The van der Waals surface area contributed by atoms with Crippen LogP contribution in [0.15, 0.2) is 48.5 Å². The highest BCUT2D eigenvalue weighted by atomic mass is 16.5. The van der Waals surface area contributed by atoms with E-state index in [0.29, 0.717) is 13.1 Å². The monoisotopic (exact) mass is 721 g/mol. The molecule has 0 fully saturated rings. The number of ether oxygens (including phenoxy) is 2. The normalized spacial score (nSPS) is 11.4. The second kappa shape index (κ2) is 30.7. The average Bonchev–Trinajstić information content (AvgIpc) is 3.16. The van der Waals surface area contributed by atoms with Gasteiger partial charge in [-0.1, -0.05) is 179 Å². The van der Waals surface area contributed by atoms with E-state index in [-0.39, 0.29) is 25.2 Å². The molecule has 0 heterocycles. The van der Waals surface area contributed by atoms with Gasteiger partial charge >= 0.3 is 11.9 Å². The summed E-state index contributed by atoms with van der Waals surface area (Å²) in [6.07, 6.45) is 24.5. The van der Waals surface area contributed by atoms with Crippen molar-refractivity contribution in [3.05, 3.63) is 59.7 Å². The number of esters is 2. The number of nitrogens with zero attached hydrogens (tertiary/aromatic N) is 2. The Morgan fingerprint density at radius 2 is 0.712 bits per heavy atom. The third-order valence-corrected chi connectivity index (χ3v) is 10.1. The molecule has 0 bridgehead atoms. The number of rotatable bonds is 33. The van der Waals surface area contributed by atoms with E-state index in [1.807, 2.05) is 36.4 Å². The van der Waals surface area contributed by atoms with Crippen molar-refractivity contribution in [2.45, 2.75) is 169 Å². The van der Waals surface area contributed by atoms with Crippen LogP contribution in [-0.4, -0.2) is 61.0 Å². The quantitative estimate of drug-likeness (QED) is 0.0540. The van der Waals surface area contributed by atoms with Gasteiger partial charge in [-0.2, -0.15) is 0 Å². The Bertz CT molecular complexity index is 1060. The maximum absolute atomic E-state index is 13.2. The van der Waals surface area contributed by atoms with E-state index >= 15 is 0 Å². The Balaban J connectivity index is 2.00. The Labute approximate surface area is 319 Å². The van der Waals surface area contributed by atoms with Crippen molar-refractivity contribution >= 4 is 11.9 Å². The summed E-state index contributed by atoms with van der Waals surface area (Å²) in [5, 5.41) is 0. The van der Waals surface area contributed by atoms with Gasteiger partial charge in [-0.15, -0.1) is 0 Å². The number of hydrogen-bond donors (Lipinski definition) is 0. The van der Waals surface area contributed by atoms with E-state index in [9.17, 15) is 9.59 Å². The fourth-order valence-corrected chi connectivity index (χ4v) is 6.89. The van der Waals surface area contributed by atoms with Gasteiger partial charge in [-0.05, 0) is 74.1 Å². The van der Waals surface area contributed by atoms with Crippen LogP contribution in [0.3, 0.4) is 0 Å². The second-order valence-corrected chi connectivity index (χ2v) is 14.8. The molecule has 0 aliphatic rings. The first kappa shape index (κ1) is 45.5. The fraction of sp³-hybridized carbons (Fsp3) is 0.696. The zero-order valence-corrected chi connectivity index (χ0v) is 33.9. The SMILES string of the molecule is CCCCCCCN(CCCCCCC)CC(=O)OCc1ccccc1-c1ccccc1COC(=O)CN(CCCCCCC)CCCCCCC. The predicted molar refractivity (Wildman–Crippen MR) is 219 cm³/mol. The predicted octanol–water partition coefficient (Wildman–Crippen LogP) is 11.9. The molecule has 0 aliphatic heterocycles. The number of benzene rings is 2. The lowest BCUT2D eigenvalue weighted by atomic mass is 9.96. The van der Waals surface area contributed by atoms with Crippen LogP contribution in [0.2, 0.25) is 0 Å². The molecule has 2 aromatic rings. The highest BCUT2D eigenvalue weighted by molar-refractivity contribution is 5.74. The Morgan fingerprint density at radius 3 is 1.02 bits per heavy atom. The summed E-state index contributed by atoms with van der Waals surface area (Å²) in [7, 11) is 0. The van der Waals surface area contributed by atoms with Gasteiger partial charge in [0.15, 0.2) is 0 Å². The molecular weight excluding hydrogens is 645 g/mol. The van der Waals surface area contributed by atoms with E-state index in [1.165, 1.54) is 103 Å². The van der Waals surface area contributed by atoms with Gasteiger partial charge in [0.05, 0.1) is 13.1 Å². The van der Waals surface area contributed by atoms with Crippen LogP contribution < -0.4 is 0 Å². The van der Waals surface area contributed by atoms with E-state index in [4.69, 9.17) is 9.47 Å². The van der Waals surface area contributed by atoms with Gasteiger partial charge in [0, 0.05) is 0 Å². The molecule has 0 aromatic heterocycles. The first-order chi connectivity index (χ1) is 25.5. The first-order valence-corrected chi connectivity index (χ1v) is 21.4. The average molecular weight is 721 g/mol. The molecule has 0 unspecified atom stereocenters. The largest absolute Gasteiger partial charge is 0.460 e. The standard InChI is InChI=1S/C46H76N2O4/c1-5-9-13-17-25-33-47(34-26-18-14-10-6-2)37-45(49)51-39-41-29-21-23-31-43(41)44-32-24-22-30-42(44)40-52-46(50)38-48(35-27-19-15-11-7-3)36-28-20-16-12-8-4/h21-24,29-32H,5-20,25-28,33-40H2,1-4H3. The van der Waals surface area contributed by atoms with Gasteiger partial charge in [0.1, 0.15) is 13.2 Å². The first-order valence-electron chi connectivity index (χ1n) is 21.4. The summed E-state index contributed by atoms with van der Waals surface area (Å²) in [6, 6.07) is 16.2. The van der Waals surface area contributed by atoms with Crippen LogP contribution in [0.25, 0.3) is 11.1 Å². The maximum Gasteiger partial charge on any atom is 0.320 e. The van der Waals surface area contributed by atoms with Crippen molar-refractivity contribution in [1.82, 2.24) is 9.80 Å². The van der Waals surface area contributed by atoms with Crippen molar-refractivity contribution in [3.63, 3.8) is 0 Å². The molecule has 0 amide bonds. The van der Waals surface area contributed by atoms with Crippen LogP contribution in [0, 0.1) is 0 Å². The topological polar surface area (TPSA) is 59.1 Å². The maximum atomic E-state index is 13.2. The van der Waals surface area contributed by atoms with Crippen molar-refractivity contribution in [1.29, 1.82) is 0 Å². The molecule has 6 heteroatoms. The summed E-state index contributed by atoms with van der Waals surface area (Å²) in [5.74, 6) is -0.334. The van der Waals surface area contributed by atoms with E-state index < -0.39 is 0 Å². The zero-order valence-electron chi connectivity index (χ0n) is 33.9. The van der Waals surface area contributed by atoms with Crippen LogP contribution in [0.1, 0.15) is 167 Å². The van der Waals surface area contributed by atoms with Crippen LogP contribution in [-0.2, 0) is 32.3 Å². The summed E-state index contributed by atoms with van der Waals surface area (Å²) in [5.41, 5.74) is 3.92. The lowest BCUT2D eigenvalue weighted by Gasteiger charge is -2.22. The van der Waals surface area contributed by atoms with Crippen molar-refractivity contribution < 1.29 is 19.1 Å². The molecule has 0 saturated carbocycles. The van der Waals surface area contributed by atoms with Crippen molar-refractivity contribution in [3.8, 4) is 11.1 Å². The number of carbonyl (C=O) groups is 2. The number of hydrogen-bond acceptors (Lipinski definition) is 6. The van der Waals surface area contributed by atoms with Gasteiger partial charge < -0.3 is 9.47 Å². The summed E-state index contributed by atoms with van der Waals surface area (Å²) in [6.45, 7) is 13.9. The summed E-state index contributed by atoms with van der Waals surface area (Å²) < 4.78 is 11.9. The smallest absolute Gasteiger partial charge is 0.320 e. The molecule has 0 saturated heterocycles. The van der Waals surface area contributed by atoms with Crippen molar-refractivity contribution in [2.75, 3.05) is 39.3 Å². The van der Waals surface area contributed by atoms with Crippen LogP contribution in [0.4, 0.5) is 0 Å². The third-order valence-electron chi connectivity index (χ3n) is 10.1. The Hall–Kier alpha value is -2.70. The summed E-state index contributed by atoms with van der Waals surface area (Å²) in [4.78, 5) is 31.0. The van der Waals surface area contributed by atoms with Crippen LogP contribution >= 0.6 is 0 Å². The molecule has 52 heavy (non-hydrogen) atoms. The highest BCUT2D eigenvalue weighted by Gasteiger charge is 2.16. The molecule has 294 valence electrons. The third kappa shape index (κ3) is 21.1. The van der Waals surface area contributed by atoms with Gasteiger partial charge in [-0.25, -0.2) is 0 Å². The molecule has 0 aliphatic carbocycles. The molecular formula is C46H76N2O4. The molecule has 0 N–H and O–H groups in total. The lowest BCUT2D eigenvalue weighted by Crippen LogP contribution is -2.33. The highest BCUT2D eigenvalue weighted by Crippen LogP contribution is 2.28. The second-order valence-electron chi connectivity index (χ2n) is 14.8. The van der Waals surface area contributed by atoms with E-state index in [0.717, 1.165) is 74.1 Å². The van der Waals surface area contributed by atoms with E-state index in [2.05, 4.69) is 49.6 Å².